The van der Waals surface area contributed by atoms with Crippen molar-refractivity contribution < 1.29 is 56.7 Å². The molecule has 0 radical (unpaired) electrons. The van der Waals surface area contributed by atoms with Gasteiger partial charge in [-0.25, -0.2) is 4.79 Å². The van der Waals surface area contributed by atoms with Crippen LogP contribution in [0.15, 0.2) is 53.5 Å². The summed E-state index contributed by atoms with van der Waals surface area (Å²) in [7, 11) is -1.92. The fourth-order valence-corrected chi connectivity index (χ4v) is 13.4. The van der Waals surface area contributed by atoms with Gasteiger partial charge in [-0.15, -0.1) is 0 Å². The van der Waals surface area contributed by atoms with E-state index in [4.69, 9.17) is 42.3 Å². The van der Waals surface area contributed by atoms with Crippen molar-refractivity contribution in [3.8, 4) is 0 Å². The Bertz CT molecular complexity index is 1960. The minimum Gasteiger partial charge on any atom is -0.458 e. The van der Waals surface area contributed by atoms with E-state index in [-0.39, 0.29) is 108 Å². The van der Waals surface area contributed by atoms with Crippen LogP contribution in [0.1, 0.15) is 135 Å². The highest BCUT2D eigenvalue weighted by Gasteiger charge is 2.68. The highest BCUT2D eigenvalue weighted by Crippen LogP contribution is 2.54. The molecule has 0 spiro atoms. The summed E-state index contributed by atoms with van der Waals surface area (Å²) in [5.74, 6) is -0.493. The van der Waals surface area contributed by atoms with E-state index in [2.05, 4.69) is 83.7 Å². The normalized spacial score (nSPS) is 38.4. The smallest absolute Gasteiger partial charge is 0.338 e. The molecule has 378 valence electrons. The van der Waals surface area contributed by atoms with Gasteiger partial charge < -0.3 is 47.1 Å². The number of esters is 1. The third-order valence-corrected chi connectivity index (χ3v) is 21.7. The second-order valence-electron chi connectivity index (χ2n) is 23.0. The molecule has 0 aromatic heterocycles. The Balaban J connectivity index is 0.924. The molecule has 0 amide bonds. The number of hydrogen-bond donors (Lipinski definition) is 0. The topological polar surface area (TPSA) is 134 Å². The van der Waals surface area contributed by atoms with Gasteiger partial charge in [0.15, 0.2) is 14.1 Å². The first-order chi connectivity index (χ1) is 32.2. The number of rotatable bonds is 21. The molecule has 0 aliphatic carbocycles. The Morgan fingerprint density at radius 3 is 2.37 bits per heavy atom. The number of carbonyl (C=O) groups excluding carboxylic acids is 3. The molecule has 8 aliphatic heterocycles. The zero-order valence-electron chi connectivity index (χ0n) is 41.9. The number of carbonyl (C=O) groups is 3. The molecule has 12 nitrogen and oxygen atoms in total. The summed E-state index contributed by atoms with van der Waals surface area (Å²) in [6, 6.07) is 9.00. The van der Waals surface area contributed by atoms with Crippen molar-refractivity contribution in [2.24, 2.45) is 23.7 Å². The summed E-state index contributed by atoms with van der Waals surface area (Å²) >= 11 is 3.49. The van der Waals surface area contributed by atoms with Crippen molar-refractivity contribution in [1.82, 2.24) is 0 Å². The van der Waals surface area contributed by atoms with Gasteiger partial charge in [-0.1, -0.05) is 88.8 Å². The van der Waals surface area contributed by atoms with Crippen LogP contribution in [0.2, 0.25) is 18.1 Å². The summed E-state index contributed by atoms with van der Waals surface area (Å²) < 4.78 is 61.3. The lowest BCUT2D eigenvalue weighted by Gasteiger charge is -2.47. The summed E-state index contributed by atoms with van der Waals surface area (Å²) in [4.78, 5) is 38.9. The maximum absolute atomic E-state index is 14.4. The molecular weight excluding hydrogens is 949 g/mol. The quantitative estimate of drug-likeness (QED) is 0.0502. The van der Waals surface area contributed by atoms with Gasteiger partial charge in [-0.2, -0.15) is 0 Å². The van der Waals surface area contributed by atoms with Gasteiger partial charge in [0.05, 0.1) is 48.3 Å². The second kappa shape index (κ2) is 21.5. The van der Waals surface area contributed by atoms with E-state index < -0.39 is 32.4 Å². The highest BCUT2D eigenvalue weighted by atomic mass is 79.9. The molecule has 1 aromatic carbocycles. The largest absolute Gasteiger partial charge is 0.458 e. The molecule has 18 unspecified atom stereocenters. The van der Waals surface area contributed by atoms with Crippen molar-refractivity contribution >= 4 is 42.3 Å². The summed E-state index contributed by atoms with van der Waals surface area (Å²) in [5, 5.41) is 0.126. The van der Waals surface area contributed by atoms with Crippen LogP contribution in [0.25, 0.3) is 0 Å². The third kappa shape index (κ3) is 11.7. The number of hydrogen-bond acceptors (Lipinski definition) is 12. The molecule has 68 heavy (non-hydrogen) atoms. The van der Waals surface area contributed by atoms with Crippen molar-refractivity contribution in [2.45, 2.75) is 228 Å². The average molecular weight is 1030 g/mol. The van der Waals surface area contributed by atoms with Gasteiger partial charge in [0.25, 0.3) is 0 Å². The number of ketones is 1. The SMILES string of the molecule is C=C(Br)CC(CCC12CC3OC4C(OC5CCC(CC(=O)CC6C(CC7OC(CCC=O)CC(C)C7=C)OC(CC(C)CO[Si](C)(C)C(C)(C)C)C6C)OC5C4O1)C3O2)OC(=O)c1ccccc1. The van der Waals surface area contributed by atoms with Crippen molar-refractivity contribution in [1.29, 1.82) is 0 Å². The molecule has 8 fully saturated rings. The number of aldehydes is 1. The van der Waals surface area contributed by atoms with Gasteiger partial charge in [0.1, 0.15) is 48.7 Å². The standard InChI is InChI=1S/C54H79BrO12Si/c1-31(30-59-68(9,10)53(6,7)8)23-43-35(5)41(45(63-43)28-44-34(4)32(2)24-38(60-44)17-14-22-56)27-37(57)26-39-18-19-42-47(61-39)51-50-49(64-42)48-46(65-50)29-54(66-48,67-51)21-20-40(25-33(3)55)62-52(58)36-15-12-11-13-16-36/h11-13,15-16,22,31-32,35,38-51H,3-4,14,17-21,23-30H2,1-2,5-10H3. The Kier molecular flexibility index (Phi) is 16.5. The van der Waals surface area contributed by atoms with Gasteiger partial charge in [-0.3, -0.25) is 4.79 Å². The lowest BCUT2D eigenvalue weighted by molar-refractivity contribution is -0.292. The molecule has 8 saturated heterocycles. The Labute approximate surface area is 414 Å². The van der Waals surface area contributed by atoms with Crippen LogP contribution >= 0.6 is 15.9 Å². The number of benzene rings is 1. The predicted octanol–water partition coefficient (Wildman–Crippen LogP) is 10.4. The molecule has 0 N–H and O–H groups in total. The molecule has 1 aromatic rings. The van der Waals surface area contributed by atoms with E-state index in [1.807, 2.05) is 18.2 Å². The van der Waals surface area contributed by atoms with E-state index in [0.29, 0.717) is 70.0 Å². The van der Waals surface area contributed by atoms with Crippen LogP contribution in [-0.4, -0.2) is 118 Å². The summed E-state index contributed by atoms with van der Waals surface area (Å²) in [6.07, 6.45) is 5.25. The van der Waals surface area contributed by atoms with E-state index in [0.717, 1.165) is 35.6 Å². The van der Waals surface area contributed by atoms with Gasteiger partial charge >= 0.3 is 5.97 Å². The number of fused-ring (bicyclic) bond motifs is 1. The average Bonchev–Trinajstić information content (AvgIpc) is 3.83. The highest BCUT2D eigenvalue weighted by molar-refractivity contribution is 9.11. The second-order valence-corrected chi connectivity index (χ2v) is 29.0. The number of ether oxygens (including phenoxy) is 8. The molecule has 0 saturated carbocycles. The maximum atomic E-state index is 14.4. The summed E-state index contributed by atoms with van der Waals surface area (Å²) in [5.41, 5.74) is 1.56. The van der Waals surface area contributed by atoms with E-state index in [1.165, 1.54) is 0 Å². The van der Waals surface area contributed by atoms with Crippen molar-refractivity contribution in [2.75, 3.05) is 6.61 Å². The van der Waals surface area contributed by atoms with E-state index in [1.54, 1.807) is 12.1 Å². The zero-order chi connectivity index (χ0) is 48.7. The monoisotopic (exact) mass is 1030 g/mol. The van der Waals surface area contributed by atoms with E-state index >= 15 is 0 Å². The summed E-state index contributed by atoms with van der Waals surface area (Å²) in [6.45, 7) is 27.3. The number of Topliss-reactive ketones (excluding diaryl/α,β-unsaturated/α-hetero) is 1. The molecule has 14 heteroatoms. The molecule has 9 rings (SSSR count). The Morgan fingerprint density at radius 2 is 1.65 bits per heavy atom. The first kappa shape index (κ1) is 52.2. The Hall–Kier alpha value is -2.11. The lowest BCUT2D eigenvalue weighted by Crippen LogP contribution is -2.61. The van der Waals surface area contributed by atoms with Gasteiger partial charge in [0.2, 0.25) is 0 Å². The molecule has 8 heterocycles. The minimum atomic E-state index is -1.92. The van der Waals surface area contributed by atoms with Crippen LogP contribution in [0, 0.1) is 23.7 Å². The molecule has 6 bridgehead atoms. The first-order valence-corrected chi connectivity index (χ1v) is 29.4. The van der Waals surface area contributed by atoms with Gasteiger partial charge in [0, 0.05) is 51.6 Å². The van der Waals surface area contributed by atoms with Crippen LogP contribution in [0.5, 0.6) is 0 Å². The fourth-order valence-electron chi connectivity index (χ4n) is 11.9. The minimum absolute atomic E-state index is 0.00602. The van der Waals surface area contributed by atoms with Crippen molar-refractivity contribution in [3.63, 3.8) is 0 Å². The molecule has 8 aliphatic rings. The third-order valence-electron chi connectivity index (χ3n) is 16.9. The van der Waals surface area contributed by atoms with Crippen LogP contribution < -0.4 is 0 Å². The maximum Gasteiger partial charge on any atom is 0.338 e. The Morgan fingerprint density at radius 1 is 0.926 bits per heavy atom. The van der Waals surface area contributed by atoms with Crippen LogP contribution in [-0.2, 0) is 51.9 Å². The first-order valence-electron chi connectivity index (χ1n) is 25.7. The fraction of sp³-hybridized carbons (Fsp3) is 0.759. The van der Waals surface area contributed by atoms with Crippen LogP contribution in [0.4, 0.5) is 0 Å². The predicted molar refractivity (Wildman–Crippen MR) is 264 cm³/mol. The lowest BCUT2D eigenvalue weighted by atomic mass is 9.78. The zero-order valence-corrected chi connectivity index (χ0v) is 44.5. The van der Waals surface area contributed by atoms with Crippen molar-refractivity contribution in [3.05, 3.63) is 59.1 Å². The number of halogens is 1. The van der Waals surface area contributed by atoms with E-state index in [9.17, 15) is 14.4 Å². The van der Waals surface area contributed by atoms with Crippen LogP contribution in [0.3, 0.4) is 0 Å². The van der Waals surface area contributed by atoms with Gasteiger partial charge in [-0.05, 0) is 103 Å². The molecule has 18 atom stereocenters. The molecular formula is C54H79BrO12Si.